The summed E-state index contributed by atoms with van der Waals surface area (Å²) in [6.07, 6.45) is 1.28. The van der Waals surface area contributed by atoms with Gasteiger partial charge in [-0.3, -0.25) is 4.79 Å². The Morgan fingerprint density at radius 2 is 2.26 bits per heavy atom. The van der Waals surface area contributed by atoms with Gasteiger partial charge in [-0.25, -0.2) is 0 Å². The van der Waals surface area contributed by atoms with Crippen LogP contribution in [0.5, 0.6) is 5.88 Å². The molecule has 122 valence electrons. The smallest absolute Gasteiger partial charge is 0.233 e. The van der Waals surface area contributed by atoms with E-state index in [2.05, 4.69) is 10.2 Å². The second-order valence-corrected chi connectivity index (χ2v) is 6.58. The number of carbonyl (C=O) groups is 1. The van der Waals surface area contributed by atoms with E-state index in [0.717, 1.165) is 24.3 Å². The molecule has 0 aromatic carbocycles. The SMILES string of the molecule is CN(C)c1ccc(O[C@H]2CCN(C(=O)Cc3ccsc3)C2)nn1. The second-order valence-electron chi connectivity index (χ2n) is 5.80. The number of carbonyl (C=O) groups excluding carboxylic acids is 1. The van der Waals surface area contributed by atoms with E-state index in [1.165, 1.54) is 0 Å². The first-order chi connectivity index (χ1) is 11.1. The van der Waals surface area contributed by atoms with Crippen molar-refractivity contribution in [3.8, 4) is 5.88 Å². The highest BCUT2D eigenvalue weighted by Gasteiger charge is 2.27. The van der Waals surface area contributed by atoms with E-state index in [9.17, 15) is 4.79 Å². The second kappa shape index (κ2) is 6.95. The Bertz CT molecular complexity index is 643. The van der Waals surface area contributed by atoms with E-state index in [-0.39, 0.29) is 12.0 Å². The van der Waals surface area contributed by atoms with Crippen LogP contribution in [0.3, 0.4) is 0 Å². The molecule has 2 aromatic rings. The van der Waals surface area contributed by atoms with Crippen LogP contribution in [0.25, 0.3) is 0 Å². The van der Waals surface area contributed by atoms with Crippen molar-refractivity contribution in [3.63, 3.8) is 0 Å². The van der Waals surface area contributed by atoms with Crippen LogP contribution in [0, 0.1) is 0 Å². The van der Waals surface area contributed by atoms with Crippen molar-refractivity contribution in [3.05, 3.63) is 34.5 Å². The van der Waals surface area contributed by atoms with Crippen LogP contribution >= 0.6 is 11.3 Å². The number of amides is 1. The largest absolute Gasteiger partial charge is 0.471 e. The highest BCUT2D eigenvalue weighted by Crippen LogP contribution is 2.18. The molecule has 7 heteroatoms. The fourth-order valence-electron chi connectivity index (χ4n) is 2.52. The van der Waals surface area contributed by atoms with Gasteiger partial charge in [-0.2, -0.15) is 11.3 Å². The Kier molecular flexibility index (Phi) is 4.76. The van der Waals surface area contributed by atoms with Crippen LogP contribution in [0.2, 0.25) is 0 Å². The van der Waals surface area contributed by atoms with Crippen LogP contribution in [0.15, 0.2) is 29.0 Å². The molecule has 3 rings (SSSR count). The van der Waals surface area contributed by atoms with Crippen molar-refractivity contribution < 1.29 is 9.53 Å². The van der Waals surface area contributed by atoms with Crippen molar-refractivity contribution in [1.29, 1.82) is 0 Å². The van der Waals surface area contributed by atoms with Gasteiger partial charge in [-0.05, 0) is 28.5 Å². The van der Waals surface area contributed by atoms with Gasteiger partial charge in [0.2, 0.25) is 11.8 Å². The number of rotatable bonds is 5. The van der Waals surface area contributed by atoms with Crippen LogP contribution in [-0.2, 0) is 11.2 Å². The predicted octanol–water partition coefficient (Wildman–Crippen LogP) is 1.83. The standard InChI is InChI=1S/C16H20N4O2S/c1-19(2)14-3-4-15(18-17-14)22-13-5-7-20(10-13)16(21)9-12-6-8-23-11-12/h3-4,6,8,11,13H,5,7,9-10H2,1-2H3/t13-/m0/s1. The van der Waals surface area contributed by atoms with E-state index < -0.39 is 0 Å². The lowest BCUT2D eigenvalue weighted by Crippen LogP contribution is -2.32. The van der Waals surface area contributed by atoms with Crippen molar-refractivity contribution in [2.75, 3.05) is 32.1 Å². The average molecular weight is 332 g/mol. The van der Waals surface area contributed by atoms with Crippen molar-refractivity contribution in [2.45, 2.75) is 18.9 Å². The summed E-state index contributed by atoms with van der Waals surface area (Å²) >= 11 is 1.62. The molecular weight excluding hydrogens is 312 g/mol. The summed E-state index contributed by atoms with van der Waals surface area (Å²) in [5, 5.41) is 12.2. The Morgan fingerprint density at radius 3 is 2.91 bits per heavy atom. The fourth-order valence-corrected chi connectivity index (χ4v) is 3.18. The summed E-state index contributed by atoms with van der Waals surface area (Å²) in [4.78, 5) is 16.0. The maximum absolute atomic E-state index is 12.3. The fraction of sp³-hybridized carbons (Fsp3) is 0.438. The van der Waals surface area contributed by atoms with Crippen LogP contribution < -0.4 is 9.64 Å². The molecule has 1 amide bonds. The molecule has 1 fully saturated rings. The molecule has 0 spiro atoms. The first-order valence-electron chi connectivity index (χ1n) is 7.58. The first kappa shape index (κ1) is 15.7. The third-order valence-electron chi connectivity index (χ3n) is 3.80. The molecule has 0 aliphatic carbocycles. The molecule has 3 heterocycles. The minimum absolute atomic E-state index is 0.0130. The molecule has 0 bridgehead atoms. The van der Waals surface area contributed by atoms with Gasteiger partial charge in [-0.15, -0.1) is 10.2 Å². The number of aromatic nitrogens is 2. The third-order valence-corrected chi connectivity index (χ3v) is 4.54. The van der Waals surface area contributed by atoms with Gasteiger partial charge in [-0.1, -0.05) is 0 Å². The number of nitrogens with zero attached hydrogens (tertiary/aromatic N) is 4. The van der Waals surface area contributed by atoms with Crippen LogP contribution in [0.4, 0.5) is 5.82 Å². The molecular formula is C16H20N4O2S. The van der Waals surface area contributed by atoms with E-state index >= 15 is 0 Å². The highest BCUT2D eigenvalue weighted by molar-refractivity contribution is 7.07. The number of hydrogen-bond donors (Lipinski definition) is 0. The van der Waals surface area contributed by atoms with Crippen LogP contribution in [-0.4, -0.2) is 54.3 Å². The number of ether oxygens (including phenoxy) is 1. The molecule has 2 aromatic heterocycles. The van der Waals surface area contributed by atoms with E-state index in [4.69, 9.17) is 4.74 Å². The quantitative estimate of drug-likeness (QED) is 0.836. The molecule has 23 heavy (non-hydrogen) atoms. The van der Waals surface area contributed by atoms with Gasteiger partial charge < -0.3 is 14.5 Å². The first-order valence-corrected chi connectivity index (χ1v) is 8.52. The van der Waals surface area contributed by atoms with Crippen LogP contribution in [0.1, 0.15) is 12.0 Å². The van der Waals surface area contributed by atoms with Crippen molar-refractivity contribution in [1.82, 2.24) is 15.1 Å². The van der Waals surface area contributed by atoms with Gasteiger partial charge >= 0.3 is 0 Å². The number of hydrogen-bond acceptors (Lipinski definition) is 6. The molecule has 1 atom stereocenters. The molecule has 0 saturated carbocycles. The van der Waals surface area contributed by atoms with Gasteiger partial charge in [0.05, 0.1) is 13.0 Å². The van der Waals surface area contributed by atoms with Gasteiger partial charge in [0.1, 0.15) is 6.10 Å². The summed E-state index contributed by atoms with van der Waals surface area (Å²) < 4.78 is 5.84. The summed E-state index contributed by atoms with van der Waals surface area (Å²) in [7, 11) is 3.83. The molecule has 6 nitrogen and oxygen atoms in total. The molecule has 1 aliphatic rings. The zero-order valence-corrected chi connectivity index (χ0v) is 14.1. The maximum atomic E-state index is 12.3. The number of thiophene rings is 1. The zero-order chi connectivity index (χ0) is 16.2. The van der Waals surface area contributed by atoms with Gasteiger partial charge in [0, 0.05) is 33.1 Å². The van der Waals surface area contributed by atoms with Gasteiger partial charge in [0.25, 0.3) is 0 Å². The molecule has 1 aliphatic heterocycles. The number of likely N-dealkylation sites (tertiary alicyclic amines) is 1. The average Bonchev–Trinajstić information content (AvgIpc) is 3.19. The van der Waals surface area contributed by atoms with E-state index in [1.807, 2.05) is 52.9 Å². The Morgan fingerprint density at radius 1 is 1.39 bits per heavy atom. The Hall–Kier alpha value is -2.15. The number of anilines is 1. The van der Waals surface area contributed by atoms with Crippen molar-refractivity contribution in [2.24, 2.45) is 0 Å². The normalized spacial score (nSPS) is 17.3. The zero-order valence-electron chi connectivity index (χ0n) is 13.3. The lowest BCUT2D eigenvalue weighted by atomic mass is 10.2. The molecule has 0 N–H and O–H groups in total. The van der Waals surface area contributed by atoms with E-state index in [0.29, 0.717) is 18.8 Å². The third kappa shape index (κ3) is 3.98. The monoisotopic (exact) mass is 332 g/mol. The minimum Gasteiger partial charge on any atom is -0.471 e. The molecule has 0 unspecified atom stereocenters. The topological polar surface area (TPSA) is 58.6 Å². The Balaban J connectivity index is 1.52. The summed E-state index contributed by atoms with van der Waals surface area (Å²) in [5.74, 6) is 1.45. The summed E-state index contributed by atoms with van der Waals surface area (Å²) in [5.41, 5.74) is 1.08. The Labute approximate surface area is 139 Å². The molecule has 0 radical (unpaired) electrons. The highest BCUT2D eigenvalue weighted by atomic mass is 32.1. The maximum Gasteiger partial charge on any atom is 0.233 e. The summed E-state index contributed by atoms with van der Waals surface area (Å²) in [6.45, 7) is 1.34. The summed E-state index contributed by atoms with van der Waals surface area (Å²) in [6, 6.07) is 5.68. The van der Waals surface area contributed by atoms with Crippen molar-refractivity contribution >= 4 is 23.1 Å². The molecule has 1 saturated heterocycles. The lowest BCUT2D eigenvalue weighted by molar-refractivity contribution is -0.129. The minimum atomic E-state index is -0.0130. The predicted molar refractivity (Wildman–Crippen MR) is 90.0 cm³/mol. The lowest BCUT2D eigenvalue weighted by Gasteiger charge is -2.17. The van der Waals surface area contributed by atoms with E-state index in [1.54, 1.807) is 11.3 Å². The van der Waals surface area contributed by atoms with Gasteiger partial charge in [0.15, 0.2) is 5.82 Å².